The number of ether oxygens (including phenoxy) is 2. The van der Waals surface area contributed by atoms with Crippen molar-refractivity contribution in [1.82, 2.24) is 0 Å². The molecule has 0 aromatic carbocycles. The summed E-state index contributed by atoms with van der Waals surface area (Å²) in [5, 5.41) is 3.29. The molecule has 0 heterocycles. The average molecular weight is 174 g/mol. The van der Waals surface area contributed by atoms with Gasteiger partial charge in [-0.05, 0) is 13.8 Å². The number of hydrogen-bond donors (Lipinski definition) is 1. The molecule has 5 heteroatoms. The molecule has 0 unspecified atom stereocenters. The molecule has 0 spiro atoms. The van der Waals surface area contributed by atoms with E-state index in [-0.39, 0.29) is 18.3 Å². The highest BCUT2D eigenvalue weighted by atomic mass is 16.5. The lowest BCUT2D eigenvalue weighted by Gasteiger charge is -2.04. The molecule has 0 amide bonds. The first kappa shape index (κ1) is 10.7. The van der Waals surface area contributed by atoms with Crippen LogP contribution in [0.25, 0.3) is 0 Å². The SMILES string of the molecule is CCOC(=O)CC(=NN)OCC. The number of nitrogens with zero attached hydrogens (tertiary/aromatic N) is 1. The molecule has 0 aromatic rings. The molecular formula is C7H14N2O3. The van der Waals surface area contributed by atoms with Gasteiger partial charge in [-0.2, -0.15) is 0 Å². The summed E-state index contributed by atoms with van der Waals surface area (Å²) >= 11 is 0. The van der Waals surface area contributed by atoms with E-state index in [4.69, 9.17) is 10.6 Å². The second-order valence-corrected chi connectivity index (χ2v) is 1.94. The Morgan fingerprint density at radius 2 is 1.92 bits per heavy atom. The van der Waals surface area contributed by atoms with Crippen molar-refractivity contribution in [2.75, 3.05) is 13.2 Å². The maximum Gasteiger partial charge on any atom is 0.315 e. The van der Waals surface area contributed by atoms with Crippen molar-refractivity contribution in [3.05, 3.63) is 0 Å². The van der Waals surface area contributed by atoms with Gasteiger partial charge >= 0.3 is 5.97 Å². The summed E-state index contributed by atoms with van der Waals surface area (Å²) in [7, 11) is 0. The quantitative estimate of drug-likeness (QED) is 0.218. The van der Waals surface area contributed by atoms with Gasteiger partial charge in [0.05, 0.1) is 13.2 Å². The molecule has 0 saturated carbocycles. The first-order valence-corrected chi connectivity index (χ1v) is 3.79. The highest BCUT2D eigenvalue weighted by Crippen LogP contribution is 1.92. The van der Waals surface area contributed by atoms with E-state index in [1.165, 1.54) is 0 Å². The van der Waals surface area contributed by atoms with E-state index in [0.29, 0.717) is 13.2 Å². The van der Waals surface area contributed by atoms with Crippen molar-refractivity contribution in [2.24, 2.45) is 10.9 Å². The lowest BCUT2D eigenvalue weighted by atomic mass is 10.4. The minimum absolute atomic E-state index is 0.00181. The van der Waals surface area contributed by atoms with Crippen LogP contribution in [0, 0.1) is 0 Å². The second kappa shape index (κ2) is 6.45. The van der Waals surface area contributed by atoms with Crippen LogP contribution in [0.5, 0.6) is 0 Å². The highest BCUT2D eigenvalue weighted by molar-refractivity contribution is 5.94. The van der Waals surface area contributed by atoms with Crippen LogP contribution in [0.1, 0.15) is 20.3 Å². The molecule has 0 aromatic heterocycles. The summed E-state index contributed by atoms with van der Waals surface area (Å²) in [5.41, 5.74) is 0. The van der Waals surface area contributed by atoms with Gasteiger partial charge in [0.2, 0.25) is 5.90 Å². The standard InChI is InChI=1S/C7H14N2O3/c1-3-11-6(9-8)5-7(10)12-4-2/h3-5,8H2,1-2H3. The molecule has 0 fully saturated rings. The summed E-state index contributed by atoms with van der Waals surface area (Å²) < 4.78 is 9.60. The average Bonchev–Trinajstić information content (AvgIpc) is 2.04. The number of carbonyl (C=O) groups excluding carboxylic acids is 1. The maximum atomic E-state index is 10.8. The summed E-state index contributed by atoms with van der Waals surface area (Å²) in [6, 6.07) is 0. The summed E-state index contributed by atoms with van der Waals surface area (Å²) in [5.74, 6) is 4.78. The van der Waals surface area contributed by atoms with Gasteiger partial charge in [-0.25, -0.2) is 0 Å². The van der Waals surface area contributed by atoms with Gasteiger partial charge in [0.25, 0.3) is 0 Å². The predicted octanol–water partition coefficient (Wildman–Crippen LogP) is 0.248. The van der Waals surface area contributed by atoms with E-state index >= 15 is 0 Å². The Labute approximate surface area is 71.5 Å². The largest absolute Gasteiger partial charge is 0.480 e. The Kier molecular flexibility index (Phi) is 5.77. The first-order chi connectivity index (χ1) is 5.74. The predicted molar refractivity (Wildman–Crippen MR) is 44.5 cm³/mol. The van der Waals surface area contributed by atoms with Crippen molar-refractivity contribution in [3.63, 3.8) is 0 Å². The Balaban J connectivity index is 3.78. The van der Waals surface area contributed by atoms with Crippen molar-refractivity contribution >= 4 is 11.9 Å². The van der Waals surface area contributed by atoms with E-state index in [1.807, 2.05) is 0 Å². The van der Waals surface area contributed by atoms with E-state index in [9.17, 15) is 4.79 Å². The van der Waals surface area contributed by atoms with Gasteiger partial charge in [-0.3, -0.25) is 4.79 Å². The molecule has 2 N–H and O–H groups in total. The fraction of sp³-hybridized carbons (Fsp3) is 0.714. The normalized spacial score (nSPS) is 11.0. The monoisotopic (exact) mass is 174 g/mol. The molecule has 0 bridgehead atoms. The Hall–Kier alpha value is -1.26. The number of hydrogen-bond acceptors (Lipinski definition) is 5. The minimum atomic E-state index is -0.379. The van der Waals surface area contributed by atoms with Gasteiger partial charge in [0.15, 0.2) is 0 Å². The third-order valence-electron chi connectivity index (χ3n) is 1.06. The number of rotatable bonds is 4. The number of hydrazone groups is 1. The van der Waals surface area contributed by atoms with Crippen LogP contribution >= 0.6 is 0 Å². The number of esters is 1. The molecule has 0 radical (unpaired) electrons. The zero-order valence-electron chi connectivity index (χ0n) is 7.37. The Bertz CT molecular complexity index is 168. The molecular weight excluding hydrogens is 160 g/mol. The zero-order chi connectivity index (χ0) is 9.40. The van der Waals surface area contributed by atoms with Crippen LogP contribution in [0.2, 0.25) is 0 Å². The summed E-state index contributed by atoms with van der Waals surface area (Å²) in [4.78, 5) is 10.8. The Morgan fingerprint density at radius 3 is 2.33 bits per heavy atom. The van der Waals surface area contributed by atoms with Crippen LogP contribution in [0.15, 0.2) is 5.10 Å². The van der Waals surface area contributed by atoms with E-state index in [2.05, 4.69) is 9.84 Å². The van der Waals surface area contributed by atoms with E-state index in [0.717, 1.165) is 0 Å². The van der Waals surface area contributed by atoms with Gasteiger partial charge in [-0.1, -0.05) is 0 Å². The maximum absolute atomic E-state index is 10.8. The fourth-order valence-electron chi connectivity index (χ4n) is 0.636. The topological polar surface area (TPSA) is 73.9 Å². The highest BCUT2D eigenvalue weighted by Gasteiger charge is 2.08. The molecule has 0 saturated heterocycles. The minimum Gasteiger partial charge on any atom is -0.480 e. The van der Waals surface area contributed by atoms with Crippen molar-refractivity contribution in [2.45, 2.75) is 20.3 Å². The van der Waals surface area contributed by atoms with Gasteiger partial charge < -0.3 is 15.3 Å². The molecule has 12 heavy (non-hydrogen) atoms. The summed E-state index contributed by atoms with van der Waals surface area (Å²) in [6.07, 6.45) is -0.00181. The third kappa shape index (κ3) is 4.54. The van der Waals surface area contributed by atoms with Crippen LogP contribution < -0.4 is 5.84 Å². The Morgan fingerprint density at radius 1 is 1.33 bits per heavy atom. The smallest absolute Gasteiger partial charge is 0.315 e. The van der Waals surface area contributed by atoms with Crippen molar-refractivity contribution in [3.8, 4) is 0 Å². The van der Waals surface area contributed by atoms with Crippen LogP contribution in [0.3, 0.4) is 0 Å². The van der Waals surface area contributed by atoms with Gasteiger partial charge in [-0.15, -0.1) is 5.10 Å². The van der Waals surface area contributed by atoms with Crippen LogP contribution in [0.4, 0.5) is 0 Å². The summed E-state index contributed by atoms with van der Waals surface area (Å²) in [6.45, 7) is 4.31. The molecule has 0 aliphatic rings. The number of nitrogens with two attached hydrogens (primary N) is 1. The molecule has 0 aliphatic heterocycles. The van der Waals surface area contributed by atoms with Crippen LogP contribution in [-0.4, -0.2) is 25.1 Å². The van der Waals surface area contributed by atoms with Gasteiger partial charge in [0, 0.05) is 0 Å². The third-order valence-corrected chi connectivity index (χ3v) is 1.06. The van der Waals surface area contributed by atoms with E-state index in [1.54, 1.807) is 13.8 Å². The van der Waals surface area contributed by atoms with Gasteiger partial charge in [0.1, 0.15) is 6.42 Å². The molecule has 70 valence electrons. The molecule has 0 rings (SSSR count). The second-order valence-electron chi connectivity index (χ2n) is 1.94. The first-order valence-electron chi connectivity index (χ1n) is 3.79. The van der Waals surface area contributed by atoms with Crippen LogP contribution in [-0.2, 0) is 14.3 Å². The molecule has 0 aliphatic carbocycles. The zero-order valence-corrected chi connectivity index (χ0v) is 7.37. The lowest BCUT2D eigenvalue weighted by Crippen LogP contribution is -2.15. The van der Waals surface area contributed by atoms with Crippen molar-refractivity contribution in [1.29, 1.82) is 0 Å². The van der Waals surface area contributed by atoms with E-state index < -0.39 is 0 Å². The fourth-order valence-corrected chi connectivity index (χ4v) is 0.636. The van der Waals surface area contributed by atoms with Crippen molar-refractivity contribution < 1.29 is 14.3 Å². The lowest BCUT2D eigenvalue weighted by molar-refractivity contribution is -0.141. The number of carbonyl (C=O) groups is 1. The molecule has 0 atom stereocenters. The molecule has 5 nitrogen and oxygen atoms in total.